The molecule has 0 spiro atoms. The summed E-state index contributed by atoms with van der Waals surface area (Å²) in [6, 6.07) is 16.0. The predicted molar refractivity (Wildman–Crippen MR) is 123 cm³/mol. The van der Waals surface area contributed by atoms with E-state index >= 15 is 0 Å². The highest BCUT2D eigenvalue weighted by Gasteiger charge is 2.48. The van der Waals surface area contributed by atoms with Gasteiger partial charge < -0.3 is 0 Å². The Bertz CT molecular complexity index is 1110. The van der Waals surface area contributed by atoms with Gasteiger partial charge in [-0.1, -0.05) is 78.6 Å². The molecule has 2 aliphatic heterocycles. The monoisotopic (exact) mass is 434 g/mol. The first-order valence-corrected chi connectivity index (χ1v) is 10.6. The maximum atomic E-state index is 13.0. The van der Waals surface area contributed by atoms with Crippen LogP contribution < -0.4 is 4.90 Å². The van der Waals surface area contributed by atoms with Crippen LogP contribution >= 0.6 is 24.0 Å². The SMILES string of the molecule is Cc1cccc(N2C(=O)CC(N3C(=O)/C(=C/C=C/c4ccccc4)SC3=S)C2=O)c1. The van der Waals surface area contributed by atoms with E-state index in [2.05, 4.69) is 0 Å². The molecular weight excluding hydrogens is 416 g/mol. The van der Waals surface area contributed by atoms with Crippen molar-refractivity contribution < 1.29 is 14.4 Å². The highest BCUT2D eigenvalue weighted by molar-refractivity contribution is 8.26. The normalized spacial score (nSPS) is 21.0. The average Bonchev–Trinajstić information content (AvgIpc) is 3.17. The lowest BCUT2D eigenvalue weighted by molar-refractivity contribution is -0.130. The summed E-state index contributed by atoms with van der Waals surface area (Å²) in [5.74, 6) is -1.11. The van der Waals surface area contributed by atoms with Gasteiger partial charge in [-0.25, -0.2) is 4.90 Å². The molecule has 3 amide bonds. The Kier molecular flexibility index (Phi) is 5.65. The van der Waals surface area contributed by atoms with Crippen molar-refractivity contribution in [1.29, 1.82) is 0 Å². The van der Waals surface area contributed by atoms with Gasteiger partial charge >= 0.3 is 0 Å². The van der Waals surface area contributed by atoms with Crippen molar-refractivity contribution >= 4 is 57.8 Å². The smallest absolute Gasteiger partial charge is 0.266 e. The van der Waals surface area contributed by atoms with Crippen LogP contribution in [0.4, 0.5) is 5.69 Å². The summed E-state index contributed by atoms with van der Waals surface area (Å²) in [5, 5.41) is 0. The van der Waals surface area contributed by atoms with E-state index in [9.17, 15) is 14.4 Å². The van der Waals surface area contributed by atoms with Gasteiger partial charge in [0.25, 0.3) is 11.8 Å². The molecular formula is C23H18N2O3S2. The Balaban J connectivity index is 1.54. The van der Waals surface area contributed by atoms with Crippen LogP contribution in [-0.2, 0) is 14.4 Å². The number of thioether (sulfide) groups is 1. The first-order valence-electron chi connectivity index (χ1n) is 9.38. The lowest BCUT2D eigenvalue weighted by atomic mass is 10.2. The number of anilines is 1. The van der Waals surface area contributed by atoms with E-state index in [-0.39, 0.29) is 22.6 Å². The van der Waals surface area contributed by atoms with Gasteiger partial charge in [-0.3, -0.25) is 19.3 Å². The largest absolute Gasteiger partial charge is 0.280 e. The lowest BCUT2D eigenvalue weighted by Gasteiger charge is -2.21. The fourth-order valence-electron chi connectivity index (χ4n) is 3.43. The number of aryl methyl sites for hydroxylation is 1. The molecule has 150 valence electrons. The number of carbonyl (C=O) groups excluding carboxylic acids is 3. The van der Waals surface area contributed by atoms with Crippen LogP contribution in [0.2, 0.25) is 0 Å². The van der Waals surface area contributed by atoms with E-state index in [0.29, 0.717) is 10.6 Å². The van der Waals surface area contributed by atoms with Crippen molar-refractivity contribution in [3.05, 3.63) is 82.8 Å². The Morgan fingerprint density at radius 2 is 1.83 bits per heavy atom. The van der Waals surface area contributed by atoms with Crippen molar-refractivity contribution in [2.75, 3.05) is 4.90 Å². The Labute approximate surface area is 184 Å². The average molecular weight is 435 g/mol. The molecule has 0 bridgehead atoms. The van der Waals surface area contributed by atoms with Gasteiger partial charge in [0.05, 0.1) is 17.0 Å². The molecule has 0 radical (unpaired) electrons. The maximum absolute atomic E-state index is 13.0. The first kappa shape index (κ1) is 20.3. The number of allylic oxidation sites excluding steroid dienone is 2. The third kappa shape index (κ3) is 3.86. The number of carbonyl (C=O) groups is 3. The third-order valence-corrected chi connectivity index (χ3v) is 6.20. The Hall–Kier alpha value is -3.03. The van der Waals surface area contributed by atoms with Crippen LogP contribution in [0.15, 0.2) is 71.7 Å². The van der Waals surface area contributed by atoms with E-state index in [4.69, 9.17) is 12.2 Å². The van der Waals surface area contributed by atoms with Gasteiger partial charge in [-0.15, -0.1) is 0 Å². The van der Waals surface area contributed by atoms with Gasteiger partial charge in [-0.05, 0) is 36.3 Å². The van der Waals surface area contributed by atoms with Crippen LogP contribution in [0.5, 0.6) is 0 Å². The molecule has 0 N–H and O–H groups in total. The summed E-state index contributed by atoms with van der Waals surface area (Å²) < 4.78 is 0.289. The second-order valence-corrected chi connectivity index (χ2v) is 8.65. The number of benzene rings is 2. The number of amides is 3. The molecule has 2 fully saturated rings. The molecule has 0 aliphatic carbocycles. The minimum absolute atomic E-state index is 0.0770. The van der Waals surface area contributed by atoms with Gasteiger partial charge in [0.1, 0.15) is 10.4 Å². The van der Waals surface area contributed by atoms with E-state index in [1.54, 1.807) is 30.4 Å². The molecule has 5 nitrogen and oxygen atoms in total. The van der Waals surface area contributed by atoms with Crippen molar-refractivity contribution in [2.24, 2.45) is 0 Å². The zero-order valence-corrected chi connectivity index (χ0v) is 17.8. The van der Waals surface area contributed by atoms with Crippen molar-refractivity contribution in [3.63, 3.8) is 0 Å². The number of thiocarbonyl (C=S) groups is 1. The summed E-state index contributed by atoms with van der Waals surface area (Å²) in [4.78, 5) is 41.4. The molecule has 7 heteroatoms. The number of rotatable bonds is 4. The second kappa shape index (κ2) is 8.38. The molecule has 2 heterocycles. The van der Waals surface area contributed by atoms with E-state index in [1.165, 1.54) is 4.90 Å². The molecule has 30 heavy (non-hydrogen) atoms. The fourth-order valence-corrected chi connectivity index (χ4v) is 4.74. The molecule has 1 unspecified atom stereocenters. The van der Waals surface area contributed by atoms with Crippen LogP contribution in [0.3, 0.4) is 0 Å². The van der Waals surface area contributed by atoms with Gasteiger partial charge in [0, 0.05) is 0 Å². The molecule has 0 saturated carbocycles. The topological polar surface area (TPSA) is 57.7 Å². The first-order chi connectivity index (χ1) is 14.5. The zero-order chi connectivity index (χ0) is 21.3. The highest BCUT2D eigenvalue weighted by atomic mass is 32.2. The predicted octanol–water partition coefficient (Wildman–Crippen LogP) is 4.08. The lowest BCUT2D eigenvalue weighted by Crippen LogP contribution is -2.44. The fraction of sp³-hybridized carbons (Fsp3) is 0.130. The highest BCUT2D eigenvalue weighted by Crippen LogP contribution is 2.36. The van der Waals surface area contributed by atoms with Gasteiger partial charge in [-0.2, -0.15) is 0 Å². The molecule has 4 rings (SSSR count). The molecule has 2 saturated heterocycles. The van der Waals surface area contributed by atoms with Crippen LogP contribution in [0, 0.1) is 6.92 Å². The van der Waals surface area contributed by atoms with E-state index in [1.807, 2.05) is 49.4 Å². The molecule has 2 aliphatic rings. The summed E-state index contributed by atoms with van der Waals surface area (Å²) in [6.45, 7) is 1.89. The van der Waals surface area contributed by atoms with Crippen LogP contribution in [0.25, 0.3) is 6.08 Å². The third-order valence-electron chi connectivity index (χ3n) is 4.85. The summed E-state index contributed by atoms with van der Waals surface area (Å²) >= 11 is 6.51. The van der Waals surface area contributed by atoms with E-state index < -0.39 is 11.9 Å². The minimum Gasteiger partial charge on any atom is -0.280 e. The molecule has 2 aromatic rings. The Morgan fingerprint density at radius 3 is 2.57 bits per heavy atom. The number of nitrogens with zero attached hydrogens (tertiary/aromatic N) is 2. The Morgan fingerprint density at radius 1 is 1.07 bits per heavy atom. The number of hydrogen-bond donors (Lipinski definition) is 0. The number of hydrogen-bond acceptors (Lipinski definition) is 5. The molecule has 1 atom stereocenters. The zero-order valence-electron chi connectivity index (χ0n) is 16.1. The van der Waals surface area contributed by atoms with Gasteiger partial charge in [0.2, 0.25) is 5.91 Å². The van der Waals surface area contributed by atoms with Gasteiger partial charge in [0.15, 0.2) is 0 Å². The van der Waals surface area contributed by atoms with Crippen molar-refractivity contribution in [1.82, 2.24) is 4.90 Å². The summed E-state index contributed by atoms with van der Waals surface area (Å²) in [7, 11) is 0. The number of imide groups is 1. The van der Waals surface area contributed by atoms with Crippen molar-refractivity contribution in [3.8, 4) is 0 Å². The molecule has 2 aromatic carbocycles. The summed E-state index contributed by atoms with van der Waals surface area (Å²) in [6.07, 6.45) is 5.27. The van der Waals surface area contributed by atoms with Crippen LogP contribution in [-0.4, -0.2) is 33.0 Å². The summed E-state index contributed by atoms with van der Waals surface area (Å²) in [5.41, 5.74) is 2.46. The van der Waals surface area contributed by atoms with E-state index in [0.717, 1.165) is 27.8 Å². The second-order valence-electron chi connectivity index (χ2n) is 6.97. The quantitative estimate of drug-likeness (QED) is 0.412. The maximum Gasteiger partial charge on any atom is 0.266 e. The molecule has 0 aromatic heterocycles. The minimum atomic E-state index is -0.908. The standard InChI is InChI=1S/C23H18N2O3S2/c1-15-7-5-11-17(13-15)24-20(26)14-18(21(24)27)25-22(28)19(30-23(25)29)12-6-10-16-8-3-2-4-9-16/h2-13,18H,14H2,1H3/b10-6+,19-12-. The van der Waals surface area contributed by atoms with Crippen molar-refractivity contribution in [2.45, 2.75) is 19.4 Å². The van der Waals surface area contributed by atoms with Crippen LogP contribution in [0.1, 0.15) is 17.5 Å².